The monoisotopic (exact) mass is 282 g/mol. The highest BCUT2D eigenvalue weighted by Crippen LogP contribution is 2.46. The number of hydrogen-bond donors (Lipinski definition) is 0. The highest BCUT2D eigenvalue weighted by Gasteiger charge is 2.43. The lowest BCUT2D eigenvalue weighted by Crippen LogP contribution is -2.24. The number of rotatable bonds is 2. The molecule has 0 N–H and O–H groups in total. The van der Waals surface area contributed by atoms with Crippen LogP contribution < -0.4 is 0 Å². The van der Waals surface area contributed by atoms with Crippen molar-refractivity contribution in [3.8, 4) is 0 Å². The average molecular weight is 282 g/mol. The highest BCUT2D eigenvalue weighted by molar-refractivity contribution is 5.98. The standard InChI is InChI=1S/C19H22O2/c1-18(2)12-16(20)15-11-19(3,21-17(15)13-18)10-9-14-7-5-4-6-8-14/h4-10H,11-13H2,1-3H3/b10-9+. The normalized spacial score (nSPS) is 27.9. The van der Waals surface area contributed by atoms with E-state index in [4.69, 9.17) is 4.74 Å². The maximum Gasteiger partial charge on any atom is 0.162 e. The van der Waals surface area contributed by atoms with Gasteiger partial charge in [0.2, 0.25) is 0 Å². The summed E-state index contributed by atoms with van der Waals surface area (Å²) in [5, 5.41) is 0. The van der Waals surface area contributed by atoms with Crippen molar-refractivity contribution in [1.29, 1.82) is 0 Å². The number of allylic oxidation sites excluding steroid dienone is 1. The fourth-order valence-corrected chi connectivity index (χ4v) is 3.19. The summed E-state index contributed by atoms with van der Waals surface area (Å²) in [6.45, 7) is 6.33. The molecular formula is C19H22O2. The fourth-order valence-electron chi connectivity index (χ4n) is 3.19. The number of carbonyl (C=O) groups excluding carboxylic acids is 1. The smallest absolute Gasteiger partial charge is 0.162 e. The number of hydrogen-bond acceptors (Lipinski definition) is 2. The zero-order valence-electron chi connectivity index (χ0n) is 13.0. The Morgan fingerprint density at radius 1 is 1.05 bits per heavy atom. The molecule has 0 aromatic heterocycles. The first-order valence-electron chi connectivity index (χ1n) is 7.56. The number of Topliss-reactive ketones (excluding diaryl/α,β-unsaturated/α-hetero) is 1. The Morgan fingerprint density at radius 2 is 1.76 bits per heavy atom. The fraction of sp³-hybridized carbons (Fsp3) is 0.421. The molecule has 110 valence electrons. The molecule has 1 aliphatic carbocycles. The van der Waals surface area contributed by atoms with Gasteiger partial charge in [0, 0.05) is 24.8 Å². The summed E-state index contributed by atoms with van der Waals surface area (Å²) in [6.07, 6.45) is 6.35. The van der Waals surface area contributed by atoms with Crippen LogP contribution in [0.25, 0.3) is 6.08 Å². The van der Waals surface area contributed by atoms with Gasteiger partial charge in [-0.1, -0.05) is 50.3 Å². The van der Waals surface area contributed by atoms with Crippen molar-refractivity contribution >= 4 is 11.9 Å². The van der Waals surface area contributed by atoms with Crippen molar-refractivity contribution in [2.75, 3.05) is 0 Å². The van der Waals surface area contributed by atoms with E-state index < -0.39 is 5.60 Å². The van der Waals surface area contributed by atoms with E-state index in [1.54, 1.807) is 0 Å². The molecule has 0 spiro atoms. The van der Waals surface area contributed by atoms with E-state index in [0.29, 0.717) is 12.8 Å². The van der Waals surface area contributed by atoms with Crippen molar-refractivity contribution in [3.05, 3.63) is 53.3 Å². The molecule has 1 aromatic carbocycles. The van der Waals surface area contributed by atoms with Gasteiger partial charge in [-0.15, -0.1) is 0 Å². The van der Waals surface area contributed by atoms with Gasteiger partial charge in [-0.05, 0) is 24.0 Å². The highest BCUT2D eigenvalue weighted by atomic mass is 16.5. The molecule has 0 saturated heterocycles. The van der Waals surface area contributed by atoms with Crippen LogP contribution in [0.1, 0.15) is 45.6 Å². The van der Waals surface area contributed by atoms with Crippen LogP contribution in [0.5, 0.6) is 0 Å². The second kappa shape index (κ2) is 4.87. The van der Waals surface area contributed by atoms with Crippen LogP contribution in [-0.2, 0) is 9.53 Å². The van der Waals surface area contributed by atoms with Crippen LogP contribution >= 0.6 is 0 Å². The minimum Gasteiger partial charge on any atom is -0.487 e. The predicted octanol–water partition coefficient (Wildman–Crippen LogP) is 4.52. The largest absolute Gasteiger partial charge is 0.487 e. The van der Waals surface area contributed by atoms with Crippen LogP contribution in [-0.4, -0.2) is 11.4 Å². The van der Waals surface area contributed by atoms with Crippen molar-refractivity contribution < 1.29 is 9.53 Å². The van der Waals surface area contributed by atoms with Gasteiger partial charge in [0.05, 0.1) is 0 Å². The first-order chi connectivity index (χ1) is 9.87. The van der Waals surface area contributed by atoms with Gasteiger partial charge in [-0.3, -0.25) is 4.79 Å². The molecule has 0 radical (unpaired) electrons. The van der Waals surface area contributed by atoms with E-state index in [0.717, 1.165) is 23.3 Å². The van der Waals surface area contributed by atoms with Gasteiger partial charge >= 0.3 is 0 Å². The Labute approximate surface area is 126 Å². The minimum atomic E-state index is -0.392. The van der Waals surface area contributed by atoms with Gasteiger partial charge in [-0.2, -0.15) is 0 Å². The maximum atomic E-state index is 12.3. The van der Waals surface area contributed by atoms with Gasteiger partial charge in [-0.25, -0.2) is 0 Å². The minimum absolute atomic E-state index is 0.0182. The van der Waals surface area contributed by atoms with E-state index in [-0.39, 0.29) is 11.2 Å². The summed E-state index contributed by atoms with van der Waals surface area (Å²) in [7, 11) is 0. The van der Waals surface area contributed by atoms with E-state index in [1.807, 2.05) is 18.2 Å². The lowest BCUT2D eigenvalue weighted by molar-refractivity contribution is -0.118. The molecule has 0 amide bonds. The molecule has 3 rings (SSSR count). The number of benzene rings is 1. The van der Waals surface area contributed by atoms with Crippen molar-refractivity contribution in [2.24, 2.45) is 5.41 Å². The zero-order valence-corrected chi connectivity index (χ0v) is 13.0. The van der Waals surface area contributed by atoms with Crippen LogP contribution in [0, 0.1) is 5.41 Å². The Hall–Kier alpha value is -1.83. The second-order valence-electron chi connectivity index (χ2n) is 7.18. The van der Waals surface area contributed by atoms with Gasteiger partial charge in [0.25, 0.3) is 0 Å². The summed E-state index contributed by atoms with van der Waals surface area (Å²) >= 11 is 0. The number of ketones is 1. The maximum absolute atomic E-state index is 12.3. The Balaban J connectivity index is 1.79. The molecule has 2 heteroatoms. The molecule has 1 unspecified atom stereocenters. The third-order valence-electron chi connectivity index (χ3n) is 4.26. The topological polar surface area (TPSA) is 26.3 Å². The summed E-state index contributed by atoms with van der Waals surface area (Å²) in [5.74, 6) is 1.18. The average Bonchev–Trinajstić information content (AvgIpc) is 2.74. The molecule has 1 heterocycles. The first-order valence-corrected chi connectivity index (χ1v) is 7.56. The molecule has 0 fully saturated rings. The number of carbonyl (C=O) groups is 1. The van der Waals surface area contributed by atoms with Crippen LogP contribution in [0.4, 0.5) is 0 Å². The van der Waals surface area contributed by atoms with Gasteiger partial charge in [0.1, 0.15) is 11.4 Å². The molecule has 2 aliphatic rings. The molecule has 0 bridgehead atoms. The summed E-state index contributed by atoms with van der Waals surface area (Å²) in [4.78, 5) is 12.3. The van der Waals surface area contributed by atoms with Crippen molar-refractivity contribution in [3.63, 3.8) is 0 Å². The van der Waals surface area contributed by atoms with Crippen molar-refractivity contribution in [2.45, 2.75) is 45.6 Å². The first kappa shape index (κ1) is 14.1. The zero-order chi connectivity index (χ0) is 15.1. The summed E-state index contributed by atoms with van der Waals surface area (Å²) in [5.41, 5.74) is 1.69. The molecule has 1 aromatic rings. The van der Waals surface area contributed by atoms with E-state index in [2.05, 4.69) is 45.1 Å². The molecule has 1 atom stereocenters. The second-order valence-corrected chi connectivity index (χ2v) is 7.18. The van der Waals surface area contributed by atoms with E-state index >= 15 is 0 Å². The molecule has 1 aliphatic heterocycles. The van der Waals surface area contributed by atoms with E-state index in [9.17, 15) is 4.79 Å². The predicted molar refractivity (Wildman–Crippen MR) is 84.6 cm³/mol. The number of ether oxygens (including phenoxy) is 1. The van der Waals surface area contributed by atoms with Crippen LogP contribution in [0.2, 0.25) is 0 Å². The molecular weight excluding hydrogens is 260 g/mol. The van der Waals surface area contributed by atoms with Crippen LogP contribution in [0.15, 0.2) is 47.7 Å². The quantitative estimate of drug-likeness (QED) is 0.797. The SMILES string of the molecule is CC1(C)CC(=O)C2=C(C1)OC(C)(/C=C/c1ccccc1)C2. The Morgan fingerprint density at radius 3 is 2.48 bits per heavy atom. The Kier molecular flexibility index (Phi) is 3.27. The van der Waals surface area contributed by atoms with Crippen molar-refractivity contribution in [1.82, 2.24) is 0 Å². The van der Waals surface area contributed by atoms with Crippen LogP contribution in [0.3, 0.4) is 0 Å². The summed E-state index contributed by atoms with van der Waals surface area (Å²) in [6, 6.07) is 10.2. The Bertz CT molecular complexity index is 622. The molecule has 2 nitrogen and oxygen atoms in total. The molecule has 0 saturated carbocycles. The summed E-state index contributed by atoms with van der Waals surface area (Å²) < 4.78 is 6.15. The lowest BCUT2D eigenvalue weighted by atomic mass is 9.76. The van der Waals surface area contributed by atoms with E-state index in [1.165, 1.54) is 0 Å². The van der Waals surface area contributed by atoms with Gasteiger partial charge < -0.3 is 4.74 Å². The third kappa shape index (κ3) is 2.94. The van der Waals surface area contributed by atoms with Gasteiger partial charge in [0.15, 0.2) is 5.78 Å². The lowest BCUT2D eigenvalue weighted by Gasteiger charge is -2.29. The third-order valence-corrected chi connectivity index (χ3v) is 4.26. The molecule has 21 heavy (non-hydrogen) atoms.